The first-order valence-electron chi connectivity index (χ1n) is 8.01. The van der Waals surface area contributed by atoms with E-state index < -0.39 is 23.7 Å². The lowest BCUT2D eigenvalue weighted by molar-refractivity contribution is -0.143. The van der Waals surface area contributed by atoms with Crippen molar-refractivity contribution in [2.75, 3.05) is 13.7 Å². The molecule has 22 heavy (non-hydrogen) atoms. The number of hydrogen-bond donors (Lipinski definition) is 1. The summed E-state index contributed by atoms with van der Waals surface area (Å²) in [5.74, 6) is -0.488. The number of methoxy groups -OCH3 is 1. The van der Waals surface area contributed by atoms with Crippen molar-refractivity contribution in [3.63, 3.8) is 0 Å². The molecule has 1 rings (SSSR count). The van der Waals surface area contributed by atoms with E-state index in [-0.39, 0.29) is 6.10 Å². The highest BCUT2D eigenvalue weighted by molar-refractivity contribution is 5.81. The Kier molecular flexibility index (Phi) is 7.65. The molecule has 0 spiro atoms. The van der Waals surface area contributed by atoms with E-state index in [0.29, 0.717) is 13.0 Å². The van der Waals surface area contributed by atoms with Crippen molar-refractivity contribution in [2.45, 2.75) is 77.0 Å². The Morgan fingerprint density at radius 2 is 1.82 bits per heavy atom. The second kappa shape index (κ2) is 8.98. The summed E-state index contributed by atoms with van der Waals surface area (Å²) in [5, 5.41) is 2.55. The van der Waals surface area contributed by atoms with Gasteiger partial charge >= 0.3 is 12.1 Å². The number of rotatable bonds is 6. The molecule has 1 amide bonds. The highest BCUT2D eigenvalue weighted by atomic mass is 16.6. The van der Waals surface area contributed by atoms with Crippen molar-refractivity contribution >= 4 is 12.1 Å². The predicted octanol–water partition coefficient (Wildman–Crippen LogP) is 2.79. The van der Waals surface area contributed by atoms with E-state index >= 15 is 0 Å². The topological polar surface area (TPSA) is 73.9 Å². The fraction of sp³-hybridized carbons (Fsp3) is 0.875. The van der Waals surface area contributed by atoms with Crippen LogP contribution in [0.25, 0.3) is 0 Å². The van der Waals surface area contributed by atoms with Crippen molar-refractivity contribution in [1.29, 1.82) is 0 Å². The van der Waals surface area contributed by atoms with Gasteiger partial charge in [-0.15, -0.1) is 0 Å². The van der Waals surface area contributed by atoms with Crippen LogP contribution in [-0.2, 0) is 19.0 Å². The van der Waals surface area contributed by atoms with Crippen molar-refractivity contribution in [3.8, 4) is 0 Å². The molecule has 6 nitrogen and oxygen atoms in total. The van der Waals surface area contributed by atoms with E-state index in [2.05, 4.69) is 5.32 Å². The zero-order valence-corrected chi connectivity index (χ0v) is 14.1. The molecular weight excluding hydrogens is 286 g/mol. The van der Waals surface area contributed by atoms with Gasteiger partial charge in [-0.05, 0) is 33.6 Å². The van der Waals surface area contributed by atoms with Gasteiger partial charge in [0.1, 0.15) is 11.6 Å². The second-order valence-corrected chi connectivity index (χ2v) is 6.64. The van der Waals surface area contributed by atoms with Crippen LogP contribution >= 0.6 is 0 Å². The number of nitrogens with one attached hydrogen (secondary N) is 1. The van der Waals surface area contributed by atoms with Crippen LogP contribution in [0.3, 0.4) is 0 Å². The van der Waals surface area contributed by atoms with Gasteiger partial charge in [0, 0.05) is 13.0 Å². The third-order valence-corrected chi connectivity index (χ3v) is 3.49. The Morgan fingerprint density at radius 3 is 2.36 bits per heavy atom. The normalized spacial score (nSPS) is 17.6. The van der Waals surface area contributed by atoms with E-state index in [1.807, 2.05) is 0 Å². The Labute approximate surface area is 132 Å². The number of amides is 1. The van der Waals surface area contributed by atoms with Crippen LogP contribution in [0.2, 0.25) is 0 Å². The van der Waals surface area contributed by atoms with Crippen molar-refractivity contribution < 1.29 is 23.8 Å². The van der Waals surface area contributed by atoms with Gasteiger partial charge in [-0.1, -0.05) is 19.3 Å². The molecule has 1 N–H and O–H groups in total. The molecule has 0 bridgehead atoms. The number of carbonyl (C=O) groups excluding carboxylic acids is 2. The molecule has 128 valence electrons. The molecule has 1 aliphatic carbocycles. The standard InChI is InChI=1S/C16H29NO5/c1-16(2,3)22-15(19)17-13(14(18)20-4)10-11-21-12-8-6-5-7-9-12/h12-13H,5-11H2,1-4H3,(H,17,19). The first-order valence-corrected chi connectivity index (χ1v) is 8.01. The molecule has 0 saturated heterocycles. The van der Waals surface area contributed by atoms with Crippen molar-refractivity contribution in [1.82, 2.24) is 5.32 Å². The minimum absolute atomic E-state index is 0.272. The van der Waals surface area contributed by atoms with E-state index in [1.165, 1.54) is 26.4 Å². The Morgan fingerprint density at radius 1 is 1.18 bits per heavy atom. The lowest BCUT2D eigenvalue weighted by Crippen LogP contribution is -2.44. The number of alkyl carbamates (subject to hydrolysis) is 1. The molecule has 1 aliphatic rings. The van der Waals surface area contributed by atoms with Gasteiger partial charge in [-0.2, -0.15) is 0 Å². The molecule has 0 aromatic heterocycles. The molecule has 0 radical (unpaired) electrons. The molecule has 0 heterocycles. The molecule has 6 heteroatoms. The first kappa shape index (κ1) is 18.7. The van der Waals surface area contributed by atoms with Gasteiger partial charge in [0.2, 0.25) is 0 Å². The maximum absolute atomic E-state index is 11.8. The van der Waals surface area contributed by atoms with Crippen LogP contribution in [0.5, 0.6) is 0 Å². The van der Waals surface area contributed by atoms with E-state index in [0.717, 1.165) is 12.8 Å². The second-order valence-electron chi connectivity index (χ2n) is 6.64. The van der Waals surface area contributed by atoms with Crippen LogP contribution < -0.4 is 5.32 Å². The Balaban J connectivity index is 2.39. The smallest absolute Gasteiger partial charge is 0.408 e. The Hall–Kier alpha value is -1.30. The van der Waals surface area contributed by atoms with Gasteiger partial charge in [0.25, 0.3) is 0 Å². The van der Waals surface area contributed by atoms with E-state index in [1.54, 1.807) is 20.8 Å². The average molecular weight is 315 g/mol. The lowest BCUT2D eigenvalue weighted by atomic mass is 9.98. The predicted molar refractivity (Wildman–Crippen MR) is 82.6 cm³/mol. The van der Waals surface area contributed by atoms with Gasteiger partial charge < -0.3 is 19.5 Å². The zero-order valence-electron chi connectivity index (χ0n) is 14.1. The summed E-state index contributed by atoms with van der Waals surface area (Å²) in [6.45, 7) is 5.73. The minimum Gasteiger partial charge on any atom is -0.467 e. The van der Waals surface area contributed by atoms with Crippen molar-refractivity contribution in [3.05, 3.63) is 0 Å². The van der Waals surface area contributed by atoms with Crippen LogP contribution in [0.15, 0.2) is 0 Å². The number of hydrogen-bond acceptors (Lipinski definition) is 5. The minimum atomic E-state index is -0.747. The third-order valence-electron chi connectivity index (χ3n) is 3.49. The fourth-order valence-electron chi connectivity index (χ4n) is 2.43. The SMILES string of the molecule is COC(=O)C(CCOC1CCCCC1)NC(=O)OC(C)(C)C. The highest BCUT2D eigenvalue weighted by Gasteiger charge is 2.25. The summed E-state index contributed by atoms with van der Waals surface area (Å²) in [7, 11) is 1.30. The molecule has 0 aromatic carbocycles. The molecule has 0 aliphatic heterocycles. The van der Waals surface area contributed by atoms with Crippen molar-refractivity contribution in [2.24, 2.45) is 0 Å². The first-order chi connectivity index (χ1) is 10.3. The van der Waals surface area contributed by atoms with Crippen LogP contribution in [0.1, 0.15) is 59.3 Å². The van der Waals surface area contributed by atoms with Gasteiger partial charge in [-0.25, -0.2) is 9.59 Å². The van der Waals surface area contributed by atoms with Gasteiger partial charge in [0.15, 0.2) is 0 Å². The highest BCUT2D eigenvalue weighted by Crippen LogP contribution is 2.20. The summed E-state index contributed by atoms with van der Waals surface area (Å²) < 4.78 is 15.7. The third kappa shape index (κ3) is 7.64. The largest absolute Gasteiger partial charge is 0.467 e. The van der Waals surface area contributed by atoms with Gasteiger partial charge in [0.05, 0.1) is 13.2 Å². The van der Waals surface area contributed by atoms with E-state index in [9.17, 15) is 9.59 Å². The summed E-state index contributed by atoms with van der Waals surface area (Å²) in [4.78, 5) is 23.5. The Bertz CT molecular complexity index is 358. The summed E-state index contributed by atoms with van der Waals surface area (Å²) in [6, 6.07) is -0.747. The quantitative estimate of drug-likeness (QED) is 0.763. The van der Waals surface area contributed by atoms with Crippen LogP contribution in [0.4, 0.5) is 4.79 Å². The molecule has 1 atom stereocenters. The zero-order chi connectivity index (χ0) is 16.6. The fourth-order valence-corrected chi connectivity index (χ4v) is 2.43. The monoisotopic (exact) mass is 315 g/mol. The summed E-state index contributed by atoms with van der Waals surface area (Å²) in [6.07, 6.45) is 5.83. The maximum atomic E-state index is 11.8. The van der Waals surface area contributed by atoms with E-state index in [4.69, 9.17) is 14.2 Å². The molecule has 1 saturated carbocycles. The van der Waals surface area contributed by atoms with Crippen LogP contribution in [-0.4, -0.2) is 43.5 Å². The average Bonchev–Trinajstić information content (AvgIpc) is 2.44. The maximum Gasteiger partial charge on any atom is 0.408 e. The number of carbonyl (C=O) groups is 2. The summed E-state index contributed by atoms with van der Waals surface area (Å²) in [5.41, 5.74) is -0.608. The molecule has 0 aromatic rings. The summed E-state index contributed by atoms with van der Waals surface area (Å²) >= 11 is 0. The number of ether oxygens (including phenoxy) is 3. The van der Waals surface area contributed by atoms with Gasteiger partial charge in [-0.3, -0.25) is 0 Å². The molecule has 1 fully saturated rings. The molecule has 1 unspecified atom stereocenters. The molecular formula is C16H29NO5. The number of esters is 1. The lowest BCUT2D eigenvalue weighted by Gasteiger charge is -2.24. The van der Waals surface area contributed by atoms with Crippen LogP contribution in [0, 0.1) is 0 Å².